The maximum absolute atomic E-state index is 12.9. The Morgan fingerprint density at radius 2 is 2.04 bits per heavy atom. The number of aromatic nitrogens is 1. The largest absolute Gasteiger partial charge is 0.497 e. The number of benzene rings is 1. The van der Waals surface area contributed by atoms with Crippen LogP contribution >= 0.6 is 11.3 Å². The Morgan fingerprint density at radius 1 is 1.21 bits per heavy atom. The zero-order chi connectivity index (χ0) is 19.8. The summed E-state index contributed by atoms with van der Waals surface area (Å²) in [6.45, 7) is 0. The molecule has 1 aliphatic carbocycles. The molecule has 7 nitrogen and oxygen atoms in total. The number of nitrogens with two attached hydrogens (primary N) is 1. The molecule has 0 aliphatic heterocycles. The van der Waals surface area contributed by atoms with Crippen LogP contribution < -0.4 is 20.5 Å². The van der Waals surface area contributed by atoms with E-state index in [1.165, 1.54) is 18.4 Å². The molecule has 0 bridgehead atoms. The van der Waals surface area contributed by atoms with Crippen molar-refractivity contribution in [2.45, 2.75) is 19.3 Å². The molecule has 8 heteroatoms. The summed E-state index contributed by atoms with van der Waals surface area (Å²) in [7, 11) is 3.08. The van der Waals surface area contributed by atoms with E-state index >= 15 is 0 Å². The van der Waals surface area contributed by atoms with Gasteiger partial charge in [-0.3, -0.25) is 9.59 Å². The first kappa shape index (κ1) is 18.2. The predicted octanol–water partition coefficient (Wildman–Crippen LogP) is 3.67. The Kier molecular flexibility index (Phi) is 4.64. The van der Waals surface area contributed by atoms with Crippen molar-refractivity contribution in [3.63, 3.8) is 0 Å². The topological polar surface area (TPSA) is 104 Å². The number of anilines is 2. The standard InChI is InChI=1S/C20H19N3O4S/c1-26-10-6-7-14(16(8-10)27-2)22-19(25)18-17(21)12-9-11-13(23-20(12)28-18)4-3-5-15(11)24/h6-9H,3-5,21H2,1-2H3,(H,22,25). The Bertz CT molecular complexity index is 1110. The molecule has 144 valence electrons. The van der Waals surface area contributed by atoms with E-state index in [-0.39, 0.29) is 11.7 Å². The van der Waals surface area contributed by atoms with Crippen LogP contribution in [0, 0.1) is 0 Å². The lowest BCUT2D eigenvalue weighted by molar-refractivity contribution is 0.0970. The number of nitrogens with one attached hydrogen (secondary N) is 1. The van der Waals surface area contributed by atoms with Crippen LogP contribution in [0.25, 0.3) is 10.2 Å². The van der Waals surface area contributed by atoms with Crippen molar-refractivity contribution in [3.8, 4) is 11.5 Å². The van der Waals surface area contributed by atoms with Crippen molar-refractivity contribution in [1.29, 1.82) is 0 Å². The van der Waals surface area contributed by atoms with Crippen molar-refractivity contribution >= 4 is 44.6 Å². The first-order valence-corrected chi connectivity index (χ1v) is 9.62. The summed E-state index contributed by atoms with van der Waals surface area (Å²) >= 11 is 1.22. The van der Waals surface area contributed by atoms with Crippen LogP contribution in [-0.2, 0) is 6.42 Å². The first-order chi connectivity index (χ1) is 13.5. The van der Waals surface area contributed by atoms with Gasteiger partial charge in [-0.25, -0.2) is 4.98 Å². The molecule has 0 saturated carbocycles. The molecule has 0 unspecified atom stereocenters. The first-order valence-electron chi connectivity index (χ1n) is 8.80. The predicted molar refractivity (Wildman–Crippen MR) is 109 cm³/mol. The summed E-state index contributed by atoms with van der Waals surface area (Å²) in [6, 6.07) is 6.89. The van der Waals surface area contributed by atoms with Gasteiger partial charge in [0.15, 0.2) is 5.78 Å². The number of ketones is 1. The molecule has 0 radical (unpaired) electrons. The maximum Gasteiger partial charge on any atom is 0.268 e. The monoisotopic (exact) mass is 397 g/mol. The van der Waals surface area contributed by atoms with Gasteiger partial charge in [-0.05, 0) is 31.0 Å². The van der Waals surface area contributed by atoms with Crippen LogP contribution in [-0.4, -0.2) is 30.9 Å². The zero-order valence-corrected chi connectivity index (χ0v) is 16.3. The Labute approximate surface area is 165 Å². The number of aryl methyl sites for hydroxylation is 1. The second-order valence-electron chi connectivity index (χ2n) is 6.48. The lowest BCUT2D eigenvalue weighted by atomic mass is 9.94. The minimum Gasteiger partial charge on any atom is -0.497 e. The van der Waals surface area contributed by atoms with Gasteiger partial charge in [-0.2, -0.15) is 0 Å². The van der Waals surface area contributed by atoms with E-state index in [1.54, 1.807) is 31.4 Å². The summed E-state index contributed by atoms with van der Waals surface area (Å²) in [6.07, 6.45) is 2.09. The molecular weight excluding hydrogens is 378 g/mol. The highest BCUT2D eigenvalue weighted by Crippen LogP contribution is 2.37. The highest BCUT2D eigenvalue weighted by molar-refractivity contribution is 7.21. The van der Waals surface area contributed by atoms with Crippen molar-refractivity contribution < 1.29 is 19.1 Å². The van der Waals surface area contributed by atoms with Crippen LogP contribution in [0.5, 0.6) is 11.5 Å². The Morgan fingerprint density at radius 3 is 2.79 bits per heavy atom. The molecular formula is C20H19N3O4S. The number of fused-ring (bicyclic) bond motifs is 2. The molecule has 4 rings (SSSR count). The number of hydrogen-bond donors (Lipinski definition) is 2. The van der Waals surface area contributed by atoms with Gasteiger partial charge in [0.2, 0.25) is 0 Å². The van der Waals surface area contributed by atoms with Gasteiger partial charge in [-0.1, -0.05) is 0 Å². The molecule has 1 amide bonds. The summed E-state index contributed by atoms with van der Waals surface area (Å²) in [5.74, 6) is 0.825. The van der Waals surface area contributed by atoms with Gasteiger partial charge >= 0.3 is 0 Å². The van der Waals surface area contributed by atoms with Gasteiger partial charge in [0.25, 0.3) is 5.91 Å². The summed E-state index contributed by atoms with van der Waals surface area (Å²) in [4.78, 5) is 30.6. The second-order valence-corrected chi connectivity index (χ2v) is 7.48. The van der Waals surface area contributed by atoms with Gasteiger partial charge in [0, 0.05) is 23.4 Å². The molecule has 0 atom stereocenters. The molecule has 0 saturated heterocycles. The van der Waals surface area contributed by atoms with Gasteiger partial charge in [0.05, 0.1) is 31.3 Å². The number of amides is 1. The quantitative estimate of drug-likeness (QED) is 0.696. The number of nitrogen functional groups attached to an aromatic ring is 1. The number of hydrogen-bond acceptors (Lipinski definition) is 7. The molecule has 2 aromatic heterocycles. The average Bonchev–Trinajstić information content (AvgIpc) is 3.03. The summed E-state index contributed by atoms with van der Waals surface area (Å²) in [5, 5.41) is 3.47. The third kappa shape index (κ3) is 3.05. The molecule has 2 heterocycles. The van der Waals surface area contributed by atoms with Crippen LogP contribution in [0.1, 0.15) is 38.6 Å². The van der Waals surface area contributed by atoms with E-state index in [0.29, 0.717) is 50.0 Å². The minimum absolute atomic E-state index is 0.0789. The van der Waals surface area contributed by atoms with E-state index in [0.717, 1.165) is 18.5 Å². The zero-order valence-electron chi connectivity index (χ0n) is 15.5. The third-order valence-electron chi connectivity index (χ3n) is 4.78. The molecule has 0 fully saturated rings. The number of carbonyl (C=O) groups is 2. The van der Waals surface area contributed by atoms with E-state index in [9.17, 15) is 9.59 Å². The molecule has 3 N–H and O–H groups in total. The Balaban J connectivity index is 1.70. The fourth-order valence-electron chi connectivity index (χ4n) is 3.31. The lowest BCUT2D eigenvalue weighted by Crippen LogP contribution is -2.13. The fourth-order valence-corrected chi connectivity index (χ4v) is 4.30. The van der Waals surface area contributed by atoms with Crippen LogP contribution in [0.2, 0.25) is 0 Å². The van der Waals surface area contributed by atoms with Crippen molar-refractivity contribution in [2.24, 2.45) is 0 Å². The fraction of sp³-hybridized carbons (Fsp3) is 0.250. The normalized spacial score (nSPS) is 13.3. The Hall–Kier alpha value is -3.13. The number of carbonyl (C=O) groups excluding carboxylic acids is 2. The summed E-state index contributed by atoms with van der Waals surface area (Å²) < 4.78 is 10.5. The highest BCUT2D eigenvalue weighted by Gasteiger charge is 2.24. The smallest absolute Gasteiger partial charge is 0.268 e. The van der Waals surface area contributed by atoms with Gasteiger partial charge in [0.1, 0.15) is 21.2 Å². The number of thiophene rings is 1. The van der Waals surface area contributed by atoms with Crippen molar-refractivity contribution in [3.05, 3.63) is 40.4 Å². The molecule has 3 aromatic rings. The van der Waals surface area contributed by atoms with Crippen molar-refractivity contribution in [1.82, 2.24) is 4.98 Å². The van der Waals surface area contributed by atoms with E-state index in [4.69, 9.17) is 15.2 Å². The van der Waals surface area contributed by atoms with E-state index in [1.807, 2.05) is 0 Å². The number of nitrogens with zero attached hydrogens (tertiary/aromatic N) is 1. The number of rotatable bonds is 4. The van der Waals surface area contributed by atoms with E-state index < -0.39 is 0 Å². The molecule has 1 aliphatic rings. The van der Waals surface area contributed by atoms with Crippen LogP contribution in [0.4, 0.5) is 11.4 Å². The van der Waals surface area contributed by atoms with Gasteiger partial charge < -0.3 is 20.5 Å². The van der Waals surface area contributed by atoms with Crippen LogP contribution in [0.3, 0.4) is 0 Å². The third-order valence-corrected chi connectivity index (χ3v) is 5.89. The molecule has 28 heavy (non-hydrogen) atoms. The molecule has 1 aromatic carbocycles. The SMILES string of the molecule is COc1ccc(NC(=O)c2sc3nc4c(cc3c2N)C(=O)CCC4)c(OC)c1. The second kappa shape index (κ2) is 7.12. The van der Waals surface area contributed by atoms with Gasteiger partial charge in [-0.15, -0.1) is 11.3 Å². The molecule has 0 spiro atoms. The summed E-state index contributed by atoms with van der Waals surface area (Å²) in [5.41, 5.74) is 8.48. The average molecular weight is 397 g/mol. The van der Waals surface area contributed by atoms with Crippen LogP contribution in [0.15, 0.2) is 24.3 Å². The van der Waals surface area contributed by atoms with E-state index in [2.05, 4.69) is 10.3 Å². The number of Topliss-reactive ketones (excluding diaryl/α,β-unsaturated/α-hetero) is 1. The highest BCUT2D eigenvalue weighted by atomic mass is 32.1. The minimum atomic E-state index is -0.353. The lowest BCUT2D eigenvalue weighted by Gasteiger charge is -2.13. The number of pyridine rings is 1. The number of ether oxygens (including phenoxy) is 2. The maximum atomic E-state index is 12.9. The number of methoxy groups -OCH3 is 2. The van der Waals surface area contributed by atoms with Crippen molar-refractivity contribution in [2.75, 3.05) is 25.3 Å².